The average Bonchev–Trinajstić information content (AvgIpc) is 3.68. The van der Waals surface area contributed by atoms with E-state index in [1.165, 1.54) is 28.8 Å². The van der Waals surface area contributed by atoms with Gasteiger partial charge in [0.1, 0.15) is 60.8 Å². The van der Waals surface area contributed by atoms with Crippen LogP contribution in [0.2, 0.25) is 23.4 Å². The van der Waals surface area contributed by atoms with Crippen LogP contribution in [-0.2, 0) is 18.5 Å². The molecule has 39 heavy (non-hydrogen) atoms. The highest BCUT2D eigenvalue weighted by Gasteiger charge is 2.46. The molecular weight excluding hydrogens is 575 g/mol. The topological polar surface area (TPSA) is 171 Å². The van der Waals surface area contributed by atoms with Gasteiger partial charge in [-0.2, -0.15) is 10.3 Å². The van der Waals surface area contributed by atoms with Crippen molar-refractivity contribution >= 4 is 54.1 Å². The van der Waals surface area contributed by atoms with Gasteiger partial charge in [-0.05, 0) is 13.1 Å². The van der Waals surface area contributed by atoms with Gasteiger partial charge in [0.15, 0.2) is 21.6 Å². The van der Waals surface area contributed by atoms with E-state index in [2.05, 4.69) is 29.9 Å². The molecule has 3 aliphatic rings. The first kappa shape index (κ1) is 26.5. The fourth-order valence-corrected chi connectivity index (χ4v) is 6.31. The molecule has 0 spiro atoms. The summed E-state index contributed by atoms with van der Waals surface area (Å²) in [5.74, 6) is 0. The van der Waals surface area contributed by atoms with E-state index in [1.807, 2.05) is 13.1 Å². The molecule has 0 saturated carbocycles. The number of imidazole rings is 2. The number of rotatable bonds is 3. The number of aromatic nitrogens is 8. The molecule has 0 radical (unpaired) electrons. The zero-order valence-corrected chi connectivity index (χ0v) is 23.2. The number of β-amino-alcohol motifs (C(OH)–C–C–N with tert-alkyl or cyclic N) is 1. The third-order valence-electron chi connectivity index (χ3n) is 6.27. The van der Waals surface area contributed by atoms with Crippen molar-refractivity contribution in [3.63, 3.8) is 0 Å². The van der Waals surface area contributed by atoms with Crippen LogP contribution in [0.1, 0.15) is 0 Å². The smallest absolute Gasteiger partial charge is 0.332 e. The second kappa shape index (κ2) is 10.3. The van der Waals surface area contributed by atoms with Crippen molar-refractivity contribution < 1.29 is 28.7 Å². The van der Waals surface area contributed by atoms with E-state index in [0.29, 0.717) is 40.6 Å². The SMILES string of the molecule is C[Si]1(C)OC[C@H]2ON(n3cnc4c(Cl)ncnc43)C[C@@H]2O1.OC[C@H]1ON(n2cnc3c(Cl)ncnc32)C[C@@H]1O. The average molecular weight is 599 g/mol. The molecule has 0 aromatic carbocycles. The molecule has 19 heteroatoms. The predicted octanol–water partition coefficient (Wildman–Crippen LogP) is -0.0666. The largest absolute Gasteiger partial charge is 0.393 e. The summed E-state index contributed by atoms with van der Waals surface area (Å²) < 4.78 is 15.0. The predicted molar refractivity (Wildman–Crippen MR) is 138 cm³/mol. The zero-order chi connectivity index (χ0) is 27.3. The van der Waals surface area contributed by atoms with Gasteiger partial charge in [-0.3, -0.25) is 0 Å². The van der Waals surface area contributed by atoms with Crippen LogP contribution in [0.25, 0.3) is 22.3 Å². The maximum atomic E-state index is 9.67. The molecule has 0 bridgehead atoms. The summed E-state index contributed by atoms with van der Waals surface area (Å²) in [6.45, 7) is 5.15. The maximum absolute atomic E-state index is 9.67. The lowest BCUT2D eigenvalue weighted by atomic mass is 10.2. The molecule has 3 aliphatic heterocycles. The van der Waals surface area contributed by atoms with Gasteiger partial charge in [0.25, 0.3) is 0 Å². The zero-order valence-electron chi connectivity index (χ0n) is 20.7. The number of hydrogen-bond donors (Lipinski definition) is 2. The van der Waals surface area contributed by atoms with Gasteiger partial charge in [0, 0.05) is 0 Å². The number of halogens is 2. The number of hydrogen-bond acceptors (Lipinski definition) is 14. The number of nitrogens with zero attached hydrogens (tertiary/aromatic N) is 10. The molecule has 3 fully saturated rings. The van der Waals surface area contributed by atoms with Gasteiger partial charge < -0.3 is 19.1 Å². The minimum atomic E-state index is -2.03. The summed E-state index contributed by atoms with van der Waals surface area (Å²) >= 11 is 11.9. The summed E-state index contributed by atoms with van der Waals surface area (Å²) in [6, 6.07) is 0. The highest BCUT2D eigenvalue weighted by atomic mass is 35.5. The Morgan fingerprint density at radius 1 is 0.872 bits per heavy atom. The maximum Gasteiger partial charge on any atom is 0.332 e. The Bertz CT molecular complexity index is 1490. The molecule has 0 amide bonds. The van der Waals surface area contributed by atoms with Gasteiger partial charge in [-0.25, -0.2) is 48.9 Å². The molecule has 7 heterocycles. The van der Waals surface area contributed by atoms with Crippen molar-refractivity contribution in [1.29, 1.82) is 0 Å². The first-order valence-corrected chi connectivity index (χ1v) is 15.5. The molecule has 4 aromatic heterocycles. The van der Waals surface area contributed by atoms with E-state index < -0.39 is 20.8 Å². The number of hydroxylamine groups is 2. The van der Waals surface area contributed by atoms with Crippen LogP contribution in [0.15, 0.2) is 25.3 Å². The summed E-state index contributed by atoms with van der Waals surface area (Å²) in [5.41, 5.74) is 2.07. The highest BCUT2D eigenvalue weighted by molar-refractivity contribution is 6.64. The minimum Gasteiger partial charge on any atom is -0.393 e. The van der Waals surface area contributed by atoms with Crippen LogP contribution in [-0.4, -0.2) is 109 Å². The van der Waals surface area contributed by atoms with Crippen molar-refractivity contribution in [3.05, 3.63) is 35.6 Å². The van der Waals surface area contributed by atoms with E-state index in [-0.39, 0.29) is 30.5 Å². The van der Waals surface area contributed by atoms with Gasteiger partial charge in [0.05, 0.1) is 26.3 Å². The van der Waals surface area contributed by atoms with Crippen LogP contribution < -0.4 is 10.3 Å². The van der Waals surface area contributed by atoms with E-state index >= 15 is 0 Å². The molecule has 0 unspecified atom stereocenters. The van der Waals surface area contributed by atoms with Crippen molar-refractivity contribution in [2.75, 3.05) is 36.6 Å². The third-order valence-corrected chi connectivity index (χ3v) is 8.56. The Morgan fingerprint density at radius 3 is 2.03 bits per heavy atom. The van der Waals surface area contributed by atoms with Gasteiger partial charge in [0.2, 0.25) is 0 Å². The van der Waals surface area contributed by atoms with Crippen molar-refractivity contribution in [3.8, 4) is 0 Å². The van der Waals surface area contributed by atoms with Crippen LogP contribution in [0.3, 0.4) is 0 Å². The standard InChI is InChI=1S/C11H14ClN5O3Si.C9H10ClN5O3/c1-21(2)18-4-8-7(20-21)3-17(19-8)16-6-15-9-10(12)13-5-14-11(9)16;10-8-7-9(12-3-11-8)14(4-13-7)15-1-5(17)6(2-16)18-15/h5-8H,3-4H2,1-2H3;3-6,16-17H,1-2H2/t7-,8+;5-,6+/m00/s1. The number of aliphatic hydroxyl groups excluding tert-OH is 2. The van der Waals surface area contributed by atoms with Crippen LogP contribution in [0, 0.1) is 0 Å². The van der Waals surface area contributed by atoms with Crippen molar-refractivity contribution in [2.24, 2.45) is 0 Å². The number of aliphatic hydroxyl groups is 2. The van der Waals surface area contributed by atoms with Crippen LogP contribution >= 0.6 is 23.2 Å². The molecule has 0 aliphatic carbocycles. The summed E-state index contributed by atoms with van der Waals surface area (Å²) in [6.07, 6.45) is 4.27. The minimum absolute atomic E-state index is 0.00447. The molecule has 208 valence electrons. The normalized spacial score (nSPS) is 26.2. The molecule has 3 saturated heterocycles. The molecule has 2 N–H and O–H groups in total. The highest BCUT2D eigenvalue weighted by Crippen LogP contribution is 2.28. The fraction of sp³-hybridized carbons (Fsp3) is 0.500. The molecule has 16 nitrogen and oxygen atoms in total. The van der Waals surface area contributed by atoms with E-state index in [0.717, 1.165) is 0 Å². The van der Waals surface area contributed by atoms with Crippen molar-refractivity contribution in [1.82, 2.24) is 39.3 Å². The van der Waals surface area contributed by atoms with E-state index in [4.69, 9.17) is 46.8 Å². The van der Waals surface area contributed by atoms with E-state index in [9.17, 15) is 5.11 Å². The lowest BCUT2D eigenvalue weighted by Crippen LogP contribution is -2.51. The van der Waals surface area contributed by atoms with Crippen LogP contribution in [0.4, 0.5) is 0 Å². The summed E-state index contributed by atoms with van der Waals surface area (Å²) in [4.78, 5) is 35.6. The first-order valence-electron chi connectivity index (χ1n) is 11.9. The van der Waals surface area contributed by atoms with E-state index in [1.54, 1.807) is 16.2 Å². The lowest BCUT2D eigenvalue weighted by molar-refractivity contribution is -0.0532. The van der Waals surface area contributed by atoms with Crippen LogP contribution in [0.5, 0.6) is 0 Å². The fourth-order valence-electron chi connectivity index (χ4n) is 4.37. The monoisotopic (exact) mass is 598 g/mol. The lowest BCUT2D eigenvalue weighted by Gasteiger charge is -2.34. The number of fused-ring (bicyclic) bond motifs is 3. The quantitative estimate of drug-likeness (QED) is 0.237. The Hall–Kier alpha value is -2.74. The first-order chi connectivity index (χ1) is 18.7. The van der Waals surface area contributed by atoms with Gasteiger partial charge >= 0.3 is 8.56 Å². The Balaban J connectivity index is 0.000000144. The Kier molecular flexibility index (Phi) is 7.02. The van der Waals surface area contributed by atoms with Gasteiger partial charge in [-0.15, -0.1) is 0 Å². The molecular formula is C20H24Cl2N10O6Si. The molecule has 7 rings (SSSR count). The Labute approximate surface area is 231 Å². The van der Waals surface area contributed by atoms with Gasteiger partial charge in [-0.1, -0.05) is 23.2 Å². The van der Waals surface area contributed by atoms with Crippen molar-refractivity contribution in [2.45, 2.75) is 37.5 Å². The Morgan fingerprint density at radius 2 is 1.46 bits per heavy atom. The summed E-state index contributed by atoms with van der Waals surface area (Å²) in [5, 5.41) is 22.3. The molecule has 4 aromatic rings. The summed E-state index contributed by atoms with van der Waals surface area (Å²) in [7, 11) is -2.03. The third kappa shape index (κ3) is 5.01. The second-order valence-corrected chi connectivity index (χ2v) is 13.4. The molecule has 4 atom stereocenters. The second-order valence-electron chi connectivity index (χ2n) is 9.33.